The van der Waals surface area contributed by atoms with E-state index in [0.717, 1.165) is 16.7 Å². The molecule has 0 fully saturated rings. The number of carboxylic acids is 1. The van der Waals surface area contributed by atoms with Crippen molar-refractivity contribution >= 4 is 23.2 Å². The summed E-state index contributed by atoms with van der Waals surface area (Å²) in [5, 5.41) is 15.2. The van der Waals surface area contributed by atoms with Gasteiger partial charge >= 0.3 is 5.97 Å². The van der Waals surface area contributed by atoms with Gasteiger partial charge in [-0.25, -0.2) is 4.79 Å². The van der Waals surface area contributed by atoms with Gasteiger partial charge in [0.2, 0.25) is 0 Å². The molecule has 0 spiro atoms. The number of amides is 1. The van der Waals surface area contributed by atoms with Gasteiger partial charge in [-0.2, -0.15) is 11.3 Å². The van der Waals surface area contributed by atoms with Crippen LogP contribution in [0.15, 0.2) is 35.0 Å². The Kier molecular flexibility index (Phi) is 5.55. The molecule has 1 aromatic carbocycles. The molecule has 1 aromatic heterocycles. The Morgan fingerprint density at radius 2 is 1.95 bits per heavy atom. The number of aryl methyl sites for hydroxylation is 1. The Labute approximate surface area is 132 Å². The van der Waals surface area contributed by atoms with Crippen LogP contribution in [0.2, 0.25) is 0 Å². The van der Waals surface area contributed by atoms with E-state index in [0.29, 0.717) is 18.7 Å². The summed E-state index contributed by atoms with van der Waals surface area (Å²) in [6.45, 7) is 2.11. The summed E-state index contributed by atoms with van der Waals surface area (Å²) in [7, 11) is 0. The van der Waals surface area contributed by atoms with Crippen LogP contribution in [0.1, 0.15) is 21.5 Å². The number of aliphatic carboxylic acids is 1. The molecule has 5 nitrogen and oxygen atoms in total. The minimum absolute atomic E-state index is 0.0554. The van der Waals surface area contributed by atoms with Crippen molar-refractivity contribution in [3.05, 3.63) is 51.7 Å². The summed E-state index contributed by atoms with van der Waals surface area (Å²) in [4.78, 5) is 22.3. The maximum Gasteiger partial charge on any atom is 0.341 e. The Hall–Kier alpha value is -2.34. The summed E-state index contributed by atoms with van der Waals surface area (Å²) >= 11 is 1.52. The fraction of sp³-hybridized carbons (Fsp3) is 0.250. The third kappa shape index (κ3) is 4.60. The average molecular weight is 319 g/mol. The van der Waals surface area contributed by atoms with Crippen LogP contribution >= 0.6 is 11.3 Å². The quantitative estimate of drug-likeness (QED) is 0.822. The Balaban J connectivity index is 1.78. The monoisotopic (exact) mass is 319 g/mol. The normalized spacial score (nSPS) is 10.2. The van der Waals surface area contributed by atoms with Crippen LogP contribution in [0, 0.1) is 6.92 Å². The molecular weight excluding hydrogens is 302 g/mol. The third-order valence-corrected chi connectivity index (χ3v) is 3.95. The van der Waals surface area contributed by atoms with Crippen LogP contribution in [-0.2, 0) is 11.2 Å². The van der Waals surface area contributed by atoms with Gasteiger partial charge in [0.05, 0.1) is 5.56 Å². The zero-order valence-electron chi connectivity index (χ0n) is 12.2. The number of benzene rings is 1. The van der Waals surface area contributed by atoms with Crippen molar-refractivity contribution in [1.29, 1.82) is 0 Å². The zero-order valence-corrected chi connectivity index (χ0v) is 13.0. The molecule has 0 aliphatic carbocycles. The third-order valence-electron chi connectivity index (χ3n) is 3.09. The average Bonchev–Trinajstić information content (AvgIpc) is 2.92. The van der Waals surface area contributed by atoms with Crippen molar-refractivity contribution in [1.82, 2.24) is 5.32 Å². The lowest BCUT2D eigenvalue weighted by atomic mass is 10.1. The number of rotatable bonds is 7. The summed E-state index contributed by atoms with van der Waals surface area (Å²) in [5.41, 5.74) is 2.76. The molecule has 2 rings (SSSR count). The molecule has 0 saturated carbocycles. The van der Waals surface area contributed by atoms with Crippen molar-refractivity contribution in [2.45, 2.75) is 13.3 Å². The first-order chi connectivity index (χ1) is 10.6. The summed E-state index contributed by atoms with van der Waals surface area (Å²) in [6.07, 6.45) is 0.703. The maximum atomic E-state index is 11.9. The number of hydrogen-bond acceptors (Lipinski definition) is 4. The van der Waals surface area contributed by atoms with E-state index in [-0.39, 0.29) is 12.5 Å². The van der Waals surface area contributed by atoms with E-state index in [1.54, 1.807) is 12.1 Å². The molecule has 6 heteroatoms. The second-order valence-corrected chi connectivity index (χ2v) is 5.54. The number of hydrogen-bond donors (Lipinski definition) is 2. The van der Waals surface area contributed by atoms with E-state index in [9.17, 15) is 9.59 Å². The van der Waals surface area contributed by atoms with Gasteiger partial charge in [-0.3, -0.25) is 4.79 Å². The first-order valence-corrected chi connectivity index (χ1v) is 7.75. The first-order valence-electron chi connectivity index (χ1n) is 6.81. The molecule has 0 atom stereocenters. The molecular formula is C16H17NO4S. The maximum absolute atomic E-state index is 11.9. The van der Waals surface area contributed by atoms with Crippen molar-refractivity contribution < 1.29 is 19.4 Å². The van der Waals surface area contributed by atoms with Gasteiger partial charge in [0.1, 0.15) is 5.75 Å². The predicted octanol–water partition coefficient (Wildman–Crippen LogP) is 2.49. The number of ether oxygens (including phenoxy) is 1. The summed E-state index contributed by atoms with van der Waals surface area (Å²) in [5.74, 6) is -0.542. The topological polar surface area (TPSA) is 75.6 Å². The predicted molar refractivity (Wildman–Crippen MR) is 84.7 cm³/mol. The molecule has 0 aliphatic heterocycles. The molecule has 0 bridgehead atoms. The number of carboxylic acid groups (broad SMARTS) is 1. The molecule has 0 aliphatic rings. The van der Waals surface area contributed by atoms with Gasteiger partial charge in [-0.1, -0.05) is 12.1 Å². The number of nitrogens with one attached hydrogen (secondary N) is 1. The molecule has 2 N–H and O–H groups in total. The largest absolute Gasteiger partial charge is 0.482 e. The Morgan fingerprint density at radius 3 is 2.55 bits per heavy atom. The number of carbonyl (C=O) groups is 2. The van der Waals surface area contributed by atoms with Crippen LogP contribution in [0.3, 0.4) is 0 Å². The molecule has 0 saturated heterocycles. The zero-order chi connectivity index (χ0) is 15.9. The van der Waals surface area contributed by atoms with E-state index in [1.807, 2.05) is 29.8 Å². The first kappa shape index (κ1) is 16.0. The van der Waals surface area contributed by atoms with Crippen LogP contribution in [0.25, 0.3) is 0 Å². The van der Waals surface area contributed by atoms with Crippen molar-refractivity contribution in [2.24, 2.45) is 0 Å². The van der Waals surface area contributed by atoms with Crippen LogP contribution in [0.4, 0.5) is 0 Å². The Bertz CT molecular complexity index is 648. The summed E-state index contributed by atoms with van der Waals surface area (Å²) < 4.78 is 5.06. The number of thiophene rings is 1. The van der Waals surface area contributed by atoms with Crippen molar-refractivity contribution in [2.75, 3.05) is 13.2 Å². The fourth-order valence-corrected chi connectivity index (χ4v) is 2.73. The van der Waals surface area contributed by atoms with E-state index in [1.165, 1.54) is 11.3 Å². The molecule has 2 aromatic rings. The van der Waals surface area contributed by atoms with Gasteiger partial charge in [-0.05, 0) is 42.0 Å². The lowest BCUT2D eigenvalue weighted by molar-refractivity contribution is -0.139. The van der Waals surface area contributed by atoms with Gasteiger partial charge in [0.15, 0.2) is 6.61 Å². The van der Waals surface area contributed by atoms with Gasteiger partial charge in [-0.15, -0.1) is 0 Å². The van der Waals surface area contributed by atoms with E-state index < -0.39 is 5.97 Å². The molecule has 0 radical (unpaired) electrons. The van der Waals surface area contributed by atoms with E-state index in [2.05, 4.69) is 5.32 Å². The standard InChI is InChI=1S/C16H17NO4S/c1-11-9-22-10-14(11)16(20)17-7-6-12-2-4-13(5-3-12)21-8-15(18)19/h2-5,9-10H,6-8H2,1H3,(H,17,20)(H,18,19). The lowest BCUT2D eigenvalue weighted by Crippen LogP contribution is -2.25. The molecule has 1 heterocycles. The minimum atomic E-state index is -1.00. The molecule has 1 amide bonds. The van der Waals surface area contributed by atoms with Crippen molar-refractivity contribution in [3.63, 3.8) is 0 Å². The fourth-order valence-electron chi connectivity index (χ4n) is 1.91. The van der Waals surface area contributed by atoms with Gasteiger partial charge in [0.25, 0.3) is 5.91 Å². The molecule has 116 valence electrons. The highest BCUT2D eigenvalue weighted by Gasteiger charge is 2.08. The van der Waals surface area contributed by atoms with Crippen LogP contribution < -0.4 is 10.1 Å². The van der Waals surface area contributed by atoms with Gasteiger partial charge < -0.3 is 15.2 Å². The molecule has 0 unspecified atom stereocenters. The van der Waals surface area contributed by atoms with Crippen LogP contribution in [0.5, 0.6) is 5.75 Å². The lowest BCUT2D eigenvalue weighted by Gasteiger charge is -2.07. The highest BCUT2D eigenvalue weighted by Crippen LogP contribution is 2.14. The highest BCUT2D eigenvalue weighted by molar-refractivity contribution is 7.08. The molecule has 22 heavy (non-hydrogen) atoms. The second kappa shape index (κ2) is 7.61. The SMILES string of the molecule is Cc1cscc1C(=O)NCCc1ccc(OCC(=O)O)cc1. The van der Waals surface area contributed by atoms with E-state index in [4.69, 9.17) is 9.84 Å². The second-order valence-electron chi connectivity index (χ2n) is 4.80. The number of carbonyl (C=O) groups excluding carboxylic acids is 1. The Morgan fingerprint density at radius 1 is 1.23 bits per heavy atom. The van der Waals surface area contributed by atoms with Gasteiger partial charge in [0, 0.05) is 11.9 Å². The minimum Gasteiger partial charge on any atom is -0.482 e. The summed E-state index contributed by atoms with van der Waals surface area (Å²) in [6, 6.07) is 7.17. The smallest absolute Gasteiger partial charge is 0.341 e. The van der Waals surface area contributed by atoms with Crippen LogP contribution in [-0.4, -0.2) is 30.1 Å². The highest BCUT2D eigenvalue weighted by atomic mass is 32.1. The van der Waals surface area contributed by atoms with E-state index >= 15 is 0 Å². The van der Waals surface area contributed by atoms with Crippen molar-refractivity contribution in [3.8, 4) is 5.75 Å².